The highest BCUT2D eigenvalue weighted by Crippen LogP contribution is 2.37. The fourth-order valence-electron chi connectivity index (χ4n) is 3.39. The first kappa shape index (κ1) is 20.0. The van der Waals surface area contributed by atoms with Crippen molar-refractivity contribution < 1.29 is 9.53 Å². The van der Waals surface area contributed by atoms with E-state index in [1.54, 1.807) is 18.2 Å². The lowest BCUT2D eigenvalue weighted by atomic mass is 10.1. The van der Waals surface area contributed by atoms with E-state index in [1.165, 1.54) is 11.3 Å². The largest absolute Gasteiger partial charge is 0.494 e. The smallest absolute Gasteiger partial charge is 0.233 e. The van der Waals surface area contributed by atoms with Crippen molar-refractivity contribution in [1.82, 2.24) is 9.97 Å². The second-order valence-electron chi connectivity index (χ2n) is 7.23. The molecule has 0 aliphatic rings. The molecule has 5 nitrogen and oxygen atoms in total. The van der Waals surface area contributed by atoms with Crippen molar-refractivity contribution >= 4 is 32.6 Å². The maximum atomic E-state index is 13.4. The normalized spacial score (nSPS) is 10.9. The van der Waals surface area contributed by atoms with Crippen LogP contribution >= 0.6 is 11.3 Å². The summed E-state index contributed by atoms with van der Waals surface area (Å²) in [5.41, 5.74) is 4.83. The number of rotatable bonds is 6. The van der Waals surface area contributed by atoms with Crippen LogP contribution in [0.4, 0.5) is 5.13 Å². The lowest BCUT2D eigenvalue weighted by Crippen LogP contribution is -2.32. The number of methoxy groups -OCH3 is 1. The number of nitrogens with zero attached hydrogens (tertiary/aromatic N) is 3. The third-order valence-corrected chi connectivity index (χ3v) is 6.14. The molecule has 0 aliphatic carbocycles. The van der Waals surface area contributed by atoms with Gasteiger partial charge in [-0.15, -0.1) is 0 Å². The summed E-state index contributed by atoms with van der Waals surface area (Å²) in [5, 5.41) is 0.654. The highest BCUT2D eigenvalue weighted by molar-refractivity contribution is 7.22. The number of carbonyl (C=O) groups excluding carboxylic acids is 1. The zero-order valence-corrected chi connectivity index (χ0v) is 18.1. The number of hydrogen-bond acceptors (Lipinski definition) is 5. The summed E-state index contributed by atoms with van der Waals surface area (Å²) in [4.78, 5) is 24.3. The second kappa shape index (κ2) is 8.63. The van der Waals surface area contributed by atoms with Gasteiger partial charge in [0.15, 0.2) is 5.13 Å². The van der Waals surface area contributed by atoms with Gasteiger partial charge in [-0.05, 0) is 43.2 Å². The van der Waals surface area contributed by atoms with Gasteiger partial charge in [0.25, 0.3) is 0 Å². The minimum atomic E-state index is -0.0121. The molecule has 4 rings (SSSR count). The molecule has 0 aliphatic heterocycles. The molecule has 2 heterocycles. The van der Waals surface area contributed by atoms with Crippen LogP contribution in [0.1, 0.15) is 22.4 Å². The first-order valence-electron chi connectivity index (χ1n) is 9.75. The molecule has 2 aromatic carbocycles. The predicted molar refractivity (Wildman–Crippen MR) is 121 cm³/mol. The van der Waals surface area contributed by atoms with Crippen molar-refractivity contribution in [2.24, 2.45) is 0 Å². The van der Waals surface area contributed by atoms with E-state index >= 15 is 0 Å². The molecule has 4 aromatic rings. The summed E-state index contributed by atoms with van der Waals surface area (Å²) in [5.74, 6) is 0.698. The van der Waals surface area contributed by atoms with Crippen LogP contribution in [0.2, 0.25) is 0 Å². The molecule has 30 heavy (non-hydrogen) atoms. The summed E-state index contributed by atoms with van der Waals surface area (Å²) < 4.78 is 6.52. The fraction of sp³-hybridized carbons (Fsp3) is 0.208. The van der Waals surface area contributed by atoms with Crippen molar-refractivity contribution in [2.45, 2.75) is 26.8 Å². The van der Waals surface area contributed by atoms with E-state index < -0.39 is 0 Å². The highest BCUT2D eigenvalue weighted by Gasteiger charge is 2.22. The summed E-state index contributed by atoms with van der Waals surface area (Å²) >= 11 is 1.51. The molecule has 0 N–H and O–H groups in total. The van der Waals surface area contributed by atoms with Gasteiger partial charge >= 0.3 is 0 Å². The van der Waals surface area contributed by atoms with Crippen LogP contribution in [0.5, 0.6) is 5.75 Å². The molecule has 0 radical (unpaired) electrons. The number of anilines is 1. The van der Waals surface area contributed by atoms with Crippen molar-refractivity contribution in [3.05, 3.63) is 83.2 Å². The molecule has 2 aromatic heterocycles. The third kappa shape index (κ3) is 4.19. The SMILES string of the molecule is COc1ccc(C)c2sc(N(Cc3ccccn3)C(=O)Cc3cccc(C)c3)nc12. The van der Waals surface area contributed by atoms with Gasteiger partial charge in [-0.1, -0.05) is 53.3 Å². The Bertz CT molecular complexity index is 1190. The van der Waals surface area contributed by atoms with Crippen LogP contribution in [0.3, 0.4) is 0 Å². The Morgan fingerprint density at radius 1 is 1.10 bits per heavy atom. The first-order chi connectivity index (χ1) is 14.5. The van der Waals surface area contributed by atoms with Gasteiger partial charge in [0.1, 0.15) is 11.3 Å². The molecule has 0 saturated carbocycles. The minimum absolute atomic E-state index is 0.0121. The molecule has 0 saturated heterocycles. The van der Waals surface area contributed by atoms with E-state index in [-0.39, 0.29) is 5.91 Å². The van der Waals surface area contributed by atoms with Gasteiger partial charge in [0.2, 0.25) is 5.91 Å². The Morgan fingerprint density at radius 3 is 2.70 bits per heavy atom. The Hall–Kier alpha value is -3.25. The number of pyridine rings is 1. The van der Waals surface area contributed by atoms with Crippen LogP contribution < -0.4 is 9.64 Å². The van der Waals surface area contributed by atoms with Crippen LogP contribution in [0.25, 0.3) is 10.2 Å². The number of fused-ring (bicyclic) bond motifs is 1. The number of hydrogen-bond donors (Lipinski definition) is 0. The summed E-state index contributed by atoms with van der Waals surface area (Å²) in [6.07, 6.45) is 2.05. The van der Waals surface area contributed by atoms with E-state index in [0.29, 0.717) is 23.8 Å². The molecule has 0 bridgehead atoms. The fourth-order valence-corrected chi connectivity index (χ4v) is 4.45. The molecule has 0 fully saturated rings. The standard InChI is InChI=1S/C24H23N3O2S/c1-16-7-6-8-18(13-16)14-21(28)27(15-19-9-4-5-12-25-19)24-26-22-20(29-3)11-10-17(2)23(22)30-24/h4-13H,14-15H2,1-3H3. The van der Waals surface area contributed by atoms with Crippen LogP contribution in [0, 0.1) is 13.8 Å². The summed E-state index contributed by atoms with van der Waals surface area (Å²) in [6.45, 7) is 4.44. The Kier molecular flexibility index (Phi) is 5.77. The maximum absolute atomic E-state index is 13.4. The van der Waals surface area contributed by atoms with E-state index in [4.69, 9.17) is 9.72 Å². The number of carbonyl (C=O) groups is 1. The lowest BCUT2D eigenvalue weighted by molar-refractivity contribution is -0.118. The van der Waals surface area contributed by atoms with E-state index in [0.717, 1.165) is 32.6 Å². The summed E-state index contributed by atoms with van der Waals surface area (Å²) in [7, 11) is 1.64. The van der Waals surface area contributed by atoms with Crippen molar-refractivity contribution in [3.8, 4) is 5.75 Å². The number of aromatic nitrogens is 2. The molecule has 1 amide bonds. The maximum Gasteiger partial charge on any atom is 0.233 e. The Morgan fingerprint density at radius 2 is 1.97 bits per heavy atom. The van der Waals surface area contributed by atoms with Gasteiger partial charge < -0.3 is 4.74 Å². The average molecular weight is 418 g/mol. The number of amides is 1. The van der Waals surface area contributed by atoms with Crippen molar-refractivity contribution in [1.29, 1.82) is 0 Å². The molecule has 0 atom stereocenters. The van der Waals surface area contributed by atoms with Gasteiger partial charge in [-0.2, -0.15) is 0 Å². The Balaban J connectivity index is 1.74. The number of aryl methyl sites for hydroxylation is 2. The molecule has 0 spiro atoms. The van der Waals surface area contributed by atoms with E-state index in [9.17, 15) is 4.79 Å². The third-order valence-electron chi connectivity index (χ3n) is 4.93. The first-order valence-corrected chi connectivity index (χ1v) is 10.6. The monoisotopic (exact) mass is 417 g/mol. The van der Waals surface area contributed by atoms with Crippen LogP contribution in [-0.2, 0) is 17.8 Å². The molecular formula is C24H23N3O2S. The van der Waals surface area contributed by atoms with E-state index in [1.807, 2.05) is 68.4 Å². The average Bonchev–Trinajstić information content (AvgIpc) is 3.19. The lowest BCUT2D eigenvalue weighted by Gasteiger charge is -2.19. The van der Waals surface area contributed by atoms with Crippen LogP contribution in [0.15, 0.2) is 60.8 Å². The van der Waals surface area contributed by atoms with Crippen LogP contribution in [-0.4, -0.2) is 23.0 Å². The molecular weight excluding hydrogens is 394 g/mol. The van der Waals surface area contributed by atoms with Crippen molar-refractivity contribution in [2.75, 3.05) is 12.0 Å². The quantitative estimate of drug-likeness (QED) is 0.438. The van der Waals surface area contributed by atoms with Gasteiger partial charge in [0.05, 0.1) is 30.5 Å². The molecule has 152 valence electrons. The predicted octanol–water partition coefficient (Wildman–Crippen LogP) is 5.09. The number of thiazole rings is 1. The van der Waals surface area contributed by atoms with E-state index in [2.05, 4.69) is 4.98 Å². The Labute approximate surface area is 180 Å². The number of benzene rings is 2. The molecule has 6 heteroatoms. The summed E-state index contributed by atoms with van der Waals surface area (Å²) in [6, 6.07) is 17.7. The van der Waals surface area contributed by atoms with Gasteiger partial charge in [-0.25, -0.2) is 4.98 Å². The highest BCUT2D eigenvalue weighted by atomic mass is 32.1. The molecule has 0 unspecified atom stereocenters. The topological polar surface area (TPSA) is 55.3 Å². The second-order valence-corrected chi connectivity index (χ2v) is 8.20. The zero-order valence-electron chi connectivity index (χ0n) is 17.3. The van der Waals surface area contributed by atoms with Crippen molar-refractivity contribution in [3.63, 3.8) is 0 Å². The number of ether oxygens (including phenoxy) is 1. The van der Waals surface area contributed by atoms with Gasteiger partial charge in [-0.3, -0.25) is 14.7 Å². The zero-order chi connectivity index (χ0) is 21.1. The minimum Gasteiger partial charge on any atom is -0.494 e. The van der Waals surface area contributed by atoms with Gasteiger partial charge in [0, 0.05) is 6.20 Å².